The van der Waals surface area contributed by atoms with Crippen LogP contribution in [0.3, 0.4) is 0 Å². The fourth-order valence-electron chi connectivity index (χ4n) is 1.68. The third-order valence-electron chi connectivity index (χ3n) is 2.32. The third kappa shape index (κ3) is 1.33. The Morgan fingerprint density at radius 1 is 1.46 bits per heavy atom. The van der Waals surface area contributed by atoms with Crippen LogP contribution in [0.2, 0.25) is 0 Å². The molecule has 1 aliphatic heterocycles. The molecule has 0 amide bonds. The van der Waals surface area contributed by atoms with Gasteiger partial charge in [-0.1, -0.05) is 34.7 Å². The number of rotatable bonds is 0. The van der Waals surface area contributed by atoms with Crippen LogP contribution in [0.15, 0.2) is 21.8 Å². The van der Waals surface area contributed by atoms with Crippen LogP contribution < -0.4 is 0 Å². The largest absolute Gasteiger partial charge is 0.392 e. The van der Waals surface area contributed by atoms with E-state index >= 15 is 0 Å². The molecule has 4 heteroatoms. The predicted octanol–water partition coefficient (Wildman–Crippen LogP) is 1.58. The van der Waals surface area contributed by atoms with Crippen molar-refractivity contribution in [3.05, 3.63) is 21.8 Å². The Balaban J connectivity index is 2.41. The third-order valence-corrected chi connectivity index (χ3v) is 3.12. The first kappa shape index (κ1) is 8.93. The number of hydrogen-bond acceptors (Lipinski definition) is 3. The van der Waals surface area contributed by atoms with Crippen molar-refractivity contribution in [2.75, 3.05) is 0 Å². The number of carbonyl (C=O) groups is 2. The topological polar surface area (TPSA) is 43.4 Å². The summed E-state index contributed by atoms with van der Waals surface area (Å²) < 4.78 is 6.43. The minimum absolute atomic E-state index is 0.352. The number of hydrogen-bond donors (Lipinski definition) is 0. The summed E-state index contributed by atoms with van der Waals surface area (Å²) >= 11 is 2.09. The van der Waals surface area contributed by atoms with Crippen LogP contribution in [0, 0.1) is 11.8 Å². The molecular weight excluding hydrogens is 283 g/mol. The normalized spacial score (nSPS) is 35.0. The number of allylic oxidation sites excluding steroid dienone is 1. The maximum atomic E-state index is 11.3. The molecule has 3 nitrogen and oxygen atoms in total. The van der Waals surface area contributed by atoms with Gasteiger partial charge in [0.2, 0.25) is 0 Å². The van der Waals surface area contributed by atoms with E-state index in [0.717, 1.165) is 12.0 Å². The van der Waals surface area contributed by atoms with E-state index in [0.29, 0.717) is 0 Å². The van der Waals surface area contributed by atoms with Crippen molar-refractivity contribution in [3.63, 3.8) is 0 Å². The highest BCUT2D eigenvalue weighted by molar-refractivity contribution is 14.1. The summed E-state index contributed by atoms with van der Waals surface area (Å²) in [4.78, 5) is 22.4. The quantitative estimate of drug-likeness (QED) is 0.294. The van der Waals surface area contributed by atoms with Crippen molar-refractivity contribution in [1.82, 2.24) is 0 Å². The van der Waals surface area contributed by atoms with Gasteiger partial charge >= 0.3 is 11.9 Å². The van der Waals surface area contributed by atoms with E-state index in [1.807, 2.05) is 10.2 Å². The predicted molar refractivity (Wildman–Crippen MR) is 53.9 cm³/mol. The Kier molecular flexibility index (Phi) is 2.23. The molecule has 1 heterocycles. The number of halogens is 1. The molecule has 0 radical (unpaired) electrons. The van der Waals surface area contributed by atoms with Crippen molar-refractivity contribution in [3.8, 4) is 0 Å². The first-order valence-corrected chi connectivity index (χ1v) is 5.20. The van der Waals surface area contributed by atoms with Crippen molar-refractivity contribution >= 4 is 34.5 Å². The van der Waals surface area contributed by atoms with Gasteiger partial charge in [0, 0.05) is 0 Å². The number of carbonyl (C=O) groups excluding carboxylic acids is 2. The lowest BCUT2D eigenvalue weighted by atomic mass is 9.83. The molecule has 0 bridgehead atoms. The maximum Gasteiger partial charge on any atom is 0.321 e. The summed E-state index contributed by atoms with van der Waals surface area (Å²) in [7, 11) is 0. The summed E-state index contributed by atoms with van der Waals surface area (Å²) in [6.07, 6.45) is 4.42. The zero-order valence-corrected chi connectivity index (χ0v) is 8.85. The summed E-state index contributed by atoms with van der Waals surface area (Å²) in [5.74, 6) is -1.54. The molecule has 2 atom stereocenters. The van der Waals surface area contributed by atoms with Gasteiger partial charge in [-0.15, -0.1) is 0 Å². The number of cyclic esters (lactones) is 2. The molecular formula is C9H7IO3. The monoisotopic (exact) mass is 290 g/mol. The van der Waals surface area contributed by atoms with E-state index in [1.165, 1.54) is 0 Å². The van der Waals surface area contributed by atoms with Crippen molar-refractivity contribution in [2.45, 2.75) is 6.42 Å². The fourth-order valence-corrected chi connectivity index (χ4v) is 2.32. The van der Waals surface area contributed by atoms with Crippen LogP contribution in [0.1, 0.15) is 6.42 Å². The van der Waals surface area contributed by atoms with Gasteiger partial charge in [-0.3, -0.25) is 9.59 Å². The second-order valence-corrected chi connectivity index (χ2v) is 3.68. The van der Waals surface area contributed by atoms with Crippen LogP contribution in [0.4, 0.5) is 0 Å². The summed E-state index contributed by atoms with van der Waals surface area (Å²) in [6, 6.07) is 0. The summed E-state index contributed by atoms with van der Waals surface area (Å²) in [5, 5.41) is 0. The molecule has 2 unspecified atom stereocenters. The average molecular weight is 290 g/mol. The van der Waals surface area contributed by atoms with Crippen LogP contribution in [-0.2, 0) is 14.3 Å². The highest BCUT2D eigenvalue weighted by atomic mass is 127. The number of fused-ring (bicyclic) bond motifs is 1. The van der Waals surface area contributed by atoms with Crippen LogP contribution >= 0.6 is 22.6 Å². The first-order valence-electron chi connectivity index (χ1n) is 3.95. The first-order chi connectivity index (χ1) is 6.24. The highest BCUT2D eigenvalue weighted by Gasteiger charge is 2.45. The minimum atomic E-state index is -0.415. The lowest BCUT2D eigenvalue weighted by molar-refractivity contribution is -0.153. The molecule has 0 aromatic heterocycles. The standard InChI is InChI=1S/C9H7IO3/c10-4-5-2-1-3-6-7(5)9(12)13-8(6)11/h1,3-4,6-7H,2H2. The molecule has 0 saturated carbocycles. The fraction of sp³-hybridized carbons (Fsp3) is 0.333. The smallest absolute Gasteiger partial charge is 0.321 e. The lowest BCUT2D eigenvalue weighted by Crippen LogP contribution is -2.20. The minimum Gasteiger partial charge on any atom is -0.392 e. The molecule has 1 saturated heterocycles. The van der Waals surface area contributed by atoms with E-state index in [2.05, 4.69) is 27.3 Å². The molecule has 13 heavy (non-hydrogen) atoms. The van der Waals surface area contributed by atoms with Gasteiger partial charge in [0.05, 0.1) is 11.8 Å². The average Bonchev–Trinajstić information content (AvgIpc) is 2.43. The Hall–Kier alpha value is -0.650. The molecule has 0 spiro atoms. The molecule has 2 aliphatic rings. The Morgan fingerprint density at radius 2 is 2.23 bits per heavy atom. The van der Waals surface area contributed by atoms with Crippen LogP contribution in [-0.4, -0.2) is 11.9 Å². The van der Waals surface area contributed by atoms with Gasteiger partial charge in [0.15, 0.2) is 0 Å². The van der Waals surface area contributed by atoms with Crippen molar-refractivity contribution in [1.29, 1.82) is 0 Å². The number of esters is 2. The zero-order chi connectivity index (χ0) is 9.42. The second-order valence-electron chi connectivity index (χ2n) is 3.06. The van der Waals surface area contributed by atoms with Crippen LogP contribution in [0.25, 0.3) is 0 Å². The van der Waals surface area contributed by atoms with Gasteiger partial charge in [0.1, 0.15) is 0 Å². The SMILES string of the molecule is O=C1OC(=O)C2C(=CI)CC=CC12. The highest BCUT2D eigenvalue weighted by Crippen LogP contribution is 2.36. The molecule has 0 aromatic carbocycles. The molecule has 1 fully saturated rings. The van der Waals surface area contributed by atoms with Crippen molar-refractivity contribution < 1.29 is 14.3 Å². The summed E-state index contributed by atoms with van der Waals surface area (Å²) in [6.45, 7) is 0. The van der Waals surface area contributed by atoms with E-state index in [1.54, 1.807) is 6.08 Å². The molecule has 68 valence electrons. The Bertz CT molecular complexity index is 330. The number of ether oxygens (including phenoxy) is 1. The van der Waals surface area contributed by atoms with E-state index < -0.39 is 11.9 Å². The van der Waals surface area contributed by atoms with Gasteiger partial charge in [-0.2, -0.15) is 0 Å². The van der Waals surface area contributed by atoms with E-state index in [4.69, 9.17) is 0 Å². The van der Waals surface area contributed by atoms with E-state index in [9.17, 15) is 9.59 Å². The summed E-state index contributed by atoms with van der Waals surface area (Å²) in [5.41, 5.74) is 0.976. The molecule has 0 aromatic rings. The van der Waals surface area contributed by atoms with E-state index in [-0.39, 0.29) is 11.8 Å². The maximum absolute atomic E-state index is 11.3. The van der Waals surface area contributed by atoms with Crippen molar-refractivity contribution in [2.24, 2.45) is 11.8 Å². The molecule has 1 aliphatic carbocycles. The Labute approximate surface area is 89.0 Å². The van der Waals surface area contributed by atoms with Gasteiger partial charge in [-0.05, 0) is 16.1 Å². The Morgan fingerprint density at radius 3 is 2.92 bits per heavy atom. The zero-order valence-electron chi connectivity index (χ0n) is 6.70. The molecule has 0 N–H and O–H groups in total. The van der Waals surface area contributed by atoms with Gasteiger partial charge in [0.25, 0.3) is 0 Å². The van der Waals surface area contributed by atoms with Crippen LogP contribution in [0.5, 0.6) is 0 Å². The van der Waals surface area contributed by atoms with Gasteiger partial charge < -0.3 is 4.74 Å². The van der Waals surface area contributed by atoms with Gasteiger partial charge in [-0.25, -0.2) is 0 Å². The molecule has 2 rings (SSSR count). The lowest BCUT2D eigenvalue weighted by Gasteiger charge is -2.16. The second kappa shape index (κ2) is 3.25.